The zero-order chi connectivity index (χ0) is 12.8. The molecule has 2 rings (SSSR count). The molecule has 1 aromatic rings. The lowest BCUT2D eigenvalue weighted by atomic mass is 9.85. The van der Waals surface area contributed by atoms with Gasteiger partial charge in [-0.2, -0.15) is 0 Å². The number of benzene rings is 1. The van der Waals surface area contributed by atoms with Crippen LogP contribution in [0.15, 0.2) is 24.3 Å². The lowest BCUT2D eigenvalue weighted by Crippen LogP contribution is -2.16. The van der Waals surface area contributed by atoms with Gasteiger partial charge in [-0.15, -0.1) is 0 Å². The van der Waals surface area contributed by atoms with Crippen molar-refractivity contribution in [3.8, 4) is 0 Å². The molecule has 0 heterocycles. The predicted octanol–water partition coefficient (Wildman–Crippen LogP) is 4.79. The van der Waals surface area contributed by atoms with Gasteiger partial charge in [0.1, 0.15) is 0 Å². The standard InChI is InChI=1S/C17H24O/c1-2-14-9-8-12-16(13-14)17(18)15-10-6-4-3-5-7-11-15/h8-9,12-13,15H,2-7,10-11H2,1H3. The van der Waals surface area contributed by atoms with E-state index < -0.39 is 0 Å². The van der Waals surface area contributed by atoms with Crippen molar-refractivity contribution >= 4 is 5.78 Å². The molecule has 0 aliphatic heterocycles. The van der Waals surface area contributed by atoms with Gasteiger partial charge in [0.05, 0.1) is 0 Å². The van der Waals surface area contributed by atoms with Crippen LogP contribution in [0.5, 0.6) is 0 Å². The average molecular weight is 244 g/mol. The first-order chi connectivity index (χ1) is 8.81. The van der Waals surface area contributed by atoms with Crippen LogP contribution in [0.4, 0.5) is 0 Å². The van der Waals surface area contributed by atoms with E-state index in [1.54, 1.807) is 0 Å². The van der Waals surface area contributed by atoms with Crippen LogP contribution in [-0.2, 0) is 6.42 Å². The quantitative estimate of drug-likeness (QED) is 0.698. The molecule has 0 N–H and O–H groups in total. The van der Waals surface area contributed by atoms with Gasteiger partial charge < -0.3 is 0 Å². The number of carbonyl (C=O) groups is 1. The predicted molar refractivity (Wildman–Crippen MR) is 76.0 cm³/mol. The van der Waals surface area contributed by atoms with Gasteiger partial charge in [0.2, 0.25) is 0 Å². The van der Waals surface area contributed by atoms with Crippen LogP contribution in [0.25, 0.3) is 0 Å². The van der Waals surface area contributed by atoms with E-state index in [0.29, 0.717) is 5.78 Å². The maximum Gasteiger partial charge on any atom is 0.165 e. The fourth-order valence-electron chi connectivity index (χ4n) is 2.90. The Kier molecular flexibility index (Phi) is 4.98. The lowest BCUT2D eigenvalue weighted by Gasteiger charge is -2.18. The summed E-state index contributed by atoms with van der Waals surface area (Å²) in [4.78, 5) is 12.5. The Balaban J connectivity index is 2.08. The van der Waals surface area contributed by atoms with Crippen LogP contribution >= 0.6 is 0 Å². The largest absolute Gasteiger partial charge is 0.294 e. The fourth-order valence-corrected chi connectivity index (χ4v) is 2.90. The minimum atomic E-state index is 0.275. The highest BCUT2D eigenvalue weighted by atomic mass is 16.1. The second-order valence-corrected chi connectivity index (χ2v) is 5.46. The zero-order valence-corrected chi connectivity index (χ0v) is 11.5. The molecule has 0 saturated heterocycles. The molecule has 1 nitrogen and oxygen atoms in total. The van der Waals surface area contributed by atoms with Crippen LogP contribution < -0.4 is 0 Å². The third kappa shape index (κ3) is 3.44. The normalized spacial score (nSPS) is 18.1. The smallest absolute Gasteiger partial charge is 0.165 e. The molecule has 0 unspecified atom stereocenters. The summed E-state index contributed by atoms with van der Waals surface area (Å²) in [7, 11) is 0. The maximum atomic E-state index is 12.5. The maximum absolute atomic E-state index is 12.5. The summed E-state index contributed by atoms with van der Waals surface area (Å²) >= 11 is 0. The Morgan fingerprint density at radius 1 is 1.11 bits per heavy atom. The van der Waals surface area contributed by atoms with E-state index in [0.717, 1.165) is 24.8 Å². The summed E-state index contributed by atoms with van der Waals surface area (Å²) in [6.07, 6.45) is 9.60. The number of rotatable bonds is 3. The second-order valence-electron chi connectivity index (χ2n) is 5.46. The molecule has 1 saturated carbocycles. The summed E-state index contributed by atoms with van der Waals surface area (Å²) < 4.78 is 0. The van der Waals surface area contributed by atoms with Gasteiger partial charge in [0, 0.05) is 11.5 Å². The summed E-state index contributed by atoms with van der Waals surface area (Å²) in [5.41, 5.74) is 2.20. The van der Waals surface area contributed by atoms with Gasteiger partial charge in [0.25, 0.3) is 0 Å². The molecule has 0 amide bonds. The molecule has 1 aromatic carbocycles. The lowest BCUT2D eigenvalue weighted by molar-refractivity contribution is 0.0898. The zero-order valence-electron chi connectivity index (χ0n) is 11.5. The molecule has 0 atom stereocenters. The number of hydrogen-bond acceptors (Lipinski definition) is 1. The number of aryl methyl sites for hydroxylation is 1. The first-order valence-electron chi connectivity index (χ1n) is 7.44. The molecule has 1 fully saturated rings. The first kappa shape index (κ1) is 13.3. The molecule has 1 heteroatoms. The monoisotopic (exact) mass is 244 g/mol. The number of carbonyl (C=O) groups excluding carboxylic acids is 1. The molecule has 1 aliphatic rings. The van der Waals surface area contributed by atoms with Gasteiger partial charge in [-0.3, -0.25) is 4.79 Å². The molecule has 98 valence electrons. The second kappa shape index (κ2) is 6.72. The van der Waals surface area contributed by atoms with Crippen molar-refractivity contribution in [1.82, 2.24) is 0 Å². The fraction of sp³-hybridized carbons (Fsp3) is 0.588. The number of hydrogen-bond donors (Lipinski definition) is 0. The van der Waals surface area contributed by atoms with E-state index in [2.05, 4.69) is 19.1 Å². The SMILES string of the molecule is CCc1cccc(C(=O)C2CCCCCCC2)c1. The Hall–Kier alpha value is -1.11. The van der Waals surface area contributed by atoms with Crippen LogP contribution in [0.3, 0.4) is 0 Å². The highest BCUT2D eigenvalue weighted by molar-refractivity contribution is 5.98. The Morgan fingerprint density at radius 3 is 2.44 bits per heavy atom. The van der Waals surface area contributed by atoms with E-state index in [-0.39, 0.29) is 5.92 Å². The van der Waals surface area contributed by atoms with Gasteiger partial charge >= 0.3 is 0 Å². The van der Waals surface area contributed by atoms with E-state index in [9.17, 15) is 4.79 Å². The van der Waals surface area contributed by atoms with E-state index >= 15 is 0 Å². The Labute approximate surface area is 111 Å². The van der Waals surface area contributed by atoms with Crippen LogP contribution in [0.1, 0.15) is 67.8 Å². The van der Waals surface area contributed by atoms with Crippen molar-refractivity contribution in [2.75, 3.05) is 0 Å². The molecular weight excluding hydrogens is 220 g/mol. The van der Waals surface area contributed by atoms with Crippen molar-refractivity contribution in [2.45, 2.75) is 58.3 Å². The van der Waals surface area contributed by atoms with E-state index in [1.165, 1.54) is 37.7 Å². The van der Waals surface area contributed by atoms with E-state index in [1.807, 2.05) is 12.1 Å². The summed E-state index contributed by atoms with van der Waals surface area (Å²) in [5, 5.41) is 0. The van der Waals surface area contributed by atoms with Crippen molar-refractivity contribution in [3.63, 3.8) is 0 Å². The van der Waals surface area contributed by atoms with Crippen molar-refractivity contribution in [1.29, 1.82) is 0 Å². The highest BCUT2D eigenvalue weighted by Gasteiger charge is 2.20. The average Bonchev–Trinajstić information content (AvgIpc) is 2.38. The topological polar surface area (TPSA) is 17.1 Å². The highest BCUT2D eigenvalue weighted by Crippen LogP contribution is 2.25. The Bertz CT molecular complexity index is 386. The molecule has 0 radical (unpaired) electrons. The Morgan fingerprint density at radius 2 is 1.78 bits per heavy atom. The number of Topliss-reactive ketones (excluding diaryl/α,β-unsaturated/α-hetero) is 1. The van der Waals surface area contributed by atoms with Gasteiger partial charge in [-0.1, -0.05) is 57.2 Å². The van der Waals surface area contributed by atoms with Crippen LogP contribution in [-0.4, -0.2) is 5.78 Å². The molecule has 18 heavy (non-hydrogen) atoms. The van der Waals surface area contributed by atoms with E-state index in [4.69, 9.17) is 0 Å². The summed E-state index contributed by atoms with van der Waals surface area (Å²) in [6.45, 7) is 2.14. The third-order valence-electron chi connectivity index (χ3n) is 4.10. The minimum Gasteiger partial charge on any atom is -0.294 e. The van der Waals surface area contributed by atoms with Crippen molar-refractivity contribution in [2.24, 2.45) is 5.92 Å². The molecular formula is C17H24O. The van der Waals surface area contributed by atoms with Gasteiger partial charge in [-0.25, -0.2) is 0 Å². The third-order valence-corrected chi connectivity index (χ3v) is 4.10. The van der Waals surface area contributed by atoms with Crippen molar-refractivity contribution < 1.29 is 4.79 Å². The molecule has 1 aliphatic carbocycles. The summed E-state index contributed by atoms with van der Waals surface area (Å²) in [5.74, 6) is 0.657. The minimum absolute atomic E-state index is 0.275. The van der Waals surface area contributed by atoms with Crippen molar-refractivity contribution in [3.05, 3.63) is 35.4 Å². The van der Waals surface area contributed by atoms with Gasteiger partial charge in [0.15, 0.2) is 5.78 Å². The first-order valence-corrected chi connectivity index (χ1v) is 7.44. The molecule has 0 bridgehead atoms. The molecule has 0 aromatic heterocycles. The number of ketones is 1. The van der Waals surface area contributed by atoms with Gasteiger partial charge in [-0.05, 0) is 30.9 Å². The van der Waals surface area contributed by atoms with Crippen LogP contribution in [0, 0.1) is 5.92 Å². The summed E-state index contributed by atoms with van der Waals surface area (Å²) in [6, 6.07) is 8.20. The molecule has 0 spiro atoms. The van der Waals surface area contributed by atoms with Crippen LogP contribution in [0.2, 0.25) is 0 Å².